The molecule has 3 aliphatic rings. The van der Waals surface area contributed by atoms with Gasteiger partial charge in [0, 0.05) is 23.7 Å². The molecule has 2 N–H and O–H groups in total. The molecule has 0 amide bonds. The summed E-state index contributed by atoms with van der Waals surface area (Å²) in [6.07, 6.45) is 9.83. The van der Waals surface area contributed by atoms with Gasteiger partial charge < -0.3 is 10.6 Å². The van der Waals surface area contributed by atoms with Crippen LogP contribution in [0.25, 0.3) is 0 Å². The summed E-state index contributed by atoms with van der Waals surface area (Å²) >= 11 is 0. The van der Waals surface area contributed by atoms with Gasteiger partial charge in [-0.05, 0) is 87.6 Å². The number of likely N-dealkylation sites (tertiary alicyclic amines) is 1. The van der Waals surface area contributed by atoms with E-state index in [-0.39, 0.29) is 0 Å². The number of hydrogen-bond donors (Lipinski definition) is 1. The molecule has 2 heteroatoms. The van der Waals surface area contributed by atoms with Gasteiger partial charge >= 0.3 is 0 Å². The summed E-state index contributed by atoms with van der Waals surface area (Å²) in [4.78, 5) is 2.81. The fourth-order valence-corrected chi connectivity index (χ4v) is 5.62. The average Bonchev–Trinajstić information content (AvgIpc) is 3.37. The van der Waals surface area contributed by atoms with E-state index in [1.165, 1.54) is 63.6 Å². The zero-order valence-electron chi connectivity index (χ0n) is 14.9. The molecule has 126 valence electrons. The van der Waals surface area contributed by atoms with Crippen molar-refractivity contribution in [3.63, 3.8) is 0 Å². The summed E-state index contributed by atoms with van der Waals surface area (Å²) in [5.74, 6) is 1.81. The van der Waals surface area contributed by atoms with Gasteiger partial charge in [-0.2, -0.15) is 0 Å². The van der Waals surface area contributed by atoms with Gasteiger partial charge in [-0.3, -0.25) is 0 Å². The maximum Gasteiger partial charge on any atom is 0.0317 e. The Labute approximate surface area is 141 Å². The molecule has 3 atom stereocenters. The van der Waals surface area contributed by atoms with E-state index in [0.717, 1.165) is 23.6 Å². The standard InChI is InChI=1S/C21H32N2/c1-15-6-9-18(22)13-20(15)21-10-4-3-5-19(21)16(2)23(12-11-21)14-17-7-8-17/h6,9,13,16-17,19H,3-5,7-8,10-12,14,22H2,1-2H3. The lowest BCUT2D eigenvalue weighted by Gasteiger charge is -2.55. The second-order valence-corrected chi connectivity index (χ2v) is 8.51. The minimum absolute atomic E-state index is 0.386. The maximum atomic E-state index is 6.18. The molecule has 2 saturated carbocycles. The van der Waals surface area contributed by atoms with E-state index >= 15 is 0 Å². The topological polar surface area (TPSA) is 29.3 Å². The van der Waals surface area contributed by atoms with E-state index in [0.29, 0.717) is 5.41 Å². The molecule has 0 aromatic heterocycles. The first-order valence-corrected chi connectivity index (χ1v) is 9.71. The summed E-state index contributed by atoms with van der Waals surface area (Å²) in [5, 5.41) is 0. The second-order valence-electron chi connectivity index (χ2n) is 8.51. The third-order valence-electron chi connectivity index (χ3n) is 7.09. The quantitative estimate of drug-likeness (QED) is 0.832. The fourth-order valence-electron chi connectivity index (χ4n) is 5.62. The summed E-state index contributed by atoms with van der Waals surface area (Å²) < 4.78 is 0. The van der Waals surface area contributed by atoms with E-state index < -0.39 is 0 Å². The number of aryl methyl sites for hydroxylation is 1. The molecule has 2 nitrogen and oxygen atoms in total. The van der Waals surface area contributed by atoms with Gasteiger partial charge in [-0.1, -0.05) is 18.9 Å². The van der Waals surface area contributed by atoms with Crippen LogP contribution in [0.3, 0.4) is 0 Å². The lowest BCUT2D eigenvalue weighted by atomic mass is 9.56. The molecule has 1 heterocycles. The van der Waals surface area contributed by atoms with E-state index in [9.17, 15) is 0 Å². The van der Waals surface area contributed by atoms with Crippen molar-refractivity contribution in [2.24, 2.45) is 11.8 Å². The van der Waals surface area contributed by atoms with Crippen molar-refractivity contribution in [1.82, 2.24) is 4.90 Å². The number of piperidine rings is 1. The Hall–Kier alpha value is -1.02. The van der Waals surface area contributed by atoms with Gasteiger partial charge in [0.1, 0.15) is 0 Å². The molecular formula is C21H32N2. The zero-order valence-corrected chi connectivity index (χ0v) is 14.9. The van der Waals surface area contributed by atoms with Crippen LogP contribution < -0.4 is 5.73 Å². The van der Waals surface area contributed by atoms with Crippen molar-refractivity contribution in [2.45, 2.75) is 70.3 Å². The van der Waals surface area contributed by atoms with Crippen LogP contribution in [-0.4, -0.2) is 24.0 Å². The SMILES string of the molecule is Cc1ccc(N)cc1C12CCCCC1C(C)N(CC1CC1)CC2. The molecule has 2 aliphatic carbocycles. The van der Waals surface area contributed by atoms with Crippen LogP contribution in [0.15, 0.2) is 18.2 Å². The Kier molecular flexibility index (Phi) is 3.91. The van der Waals surface area contributed by atoms with Crippen LogP contribution in [-0.2, 0) is 5.41 Å². The molecule has 1 saturated heterocycles. The van der Waals surface area contributed by atoms with Crippen molar-refractivity contribution in [1.29, 1.82) is 0 Å². The lowest BCUT2D eigenvalue weighted by molar-refractivity contribution is 0.00548. The monoisotopic (exact) mass is 312 g/mol. The molecule has 1 aromatic rings. The molecule has 0 bridgehead atoms. The molecule has 0 spiro atoms. The summed E-state index contributed by atoms with van der Waals surface area (Å²) in [6, 6.07) is 7.34. The number of nitrogen functional groups attached to an aromatic ring is 1. The molecule has 3 fully saturated rings. The highest BCUT2D eigenvalue weighted by Crippen LogP contribution is 2.52. The number of fused-ring (bicyclic) bond motifs is 1. The van der Waals surface area contributed by atoms with E-state index in [1.54, 1.807) is 5.56 Å². The highest BCUT2D eigenvalue weighted by Gasteiger charge is 2.49. The fraction of sp³-hybridized carbons (Fsp3) is 0.714. The summed E-state index contributed by atoms with van der Waals surface area (Å²) in [5.41, 5.74) is 10.5. The van der Waals surface area contributed by atoms with E-state index in [1.807, 2.05) is 0 Å². The lowest BCUT2D eigenvalue weighted by Crippen LogP contribution is -2.56. The second kappa shape index (κ2) is 5.81. The molecule has 23 heavy (non-hydrogen) atoms. The van der Waals surface area contributed by atoms with Gasteiger partial charge in [-0.15, -0.1) is 0 Å². The Bertz CT molecular complexity index is 577. The molecule has 3 unspecified atom stereocenters. The van der Waals surface area contributed by atoms with Gasteiger partial charge in [0.05, 0.1) is 0 Å². The van der Waals surface area contributed by atoms with Crippen molar-refractivity contribution in [3.8, 4) is 0 Å². The van der Waals surface area contributed by atoms with Crippen molar-refractivity contribution in [2.75, 3.05) is 18.8 Å². The predicted octanol–water partition coefficient (Wildman–Crippen LogP) is 4.51. The minimum Gasteiger partial charge on any atom is -0.399 e. The Balaban J connectivity index is 1.68. The first-order valence-electron chi connectivity index (χ1n) is 9.71. The average molecular weight is 313 g/mol. The molecule has 1 aliphatic heterocycles. The molecular weight excluding hydrogens is 280 g/mol. The number of nitrogens with zero attached hydrogens (tertiary/aromatic N) is 1. The Morgan fingerprint density at radius 2 is 2.00 bits per heavy atom. The number of nitrogens with two attached hydrogens (primary N) is 1. The van der Waals surface area contributed by atoms with Crippen molar-refractivity contribution >= 4 is 5.69 Å². The van der Waals surface area contributed by atoms with Crippen LogP contribution in [0.2, 0.25) is 0 Å². The van der Waals surface area contributed by atoms with Crippen molar-refractivity contribution in [3.05, 3.63) is 29.3 Å². The largest absolute Gasteiger partial charge is 0.399 e. The van der Waals surface area contributed by atoms with Crippen LogP contribution >= 0.6 is 0 Å². The third-order valence-corrected chi connectivity index (χ3v) is 7.09. The normalized spacial score (nSPS) is 35.0. The smallest absolute Gasteiger partial charge is 0.0317 e. The Morgan fingerprint density at radius 3 is 2.78 bits per heavy atom. The highest BCUT2D eigenvalue weighted by molar-refractivity contribution is 5.48. The molecule has 4 rings (SSSR count). The number of benzene rings is 1. The highest BCUT2D eigenvalue weighted by atomic mass is 15.2. The minimum atomic E-state index is 0.386. The van der Waals surface area contributed by atoms with Gasteiger partial charge in [0.15, 0.2) is 0 Å². The first kappa shape index (κ1) is 15.5. The van der Waals surface area contributed by atoms with E-state index in [4.69, 9.17) is 5.73 Å². The number of hydrogen-bond acceptors (Lipinski definition) is 2. The van der Waals surface area contributed by atoms with Crippen molar-refractivity contribution < 1.29 is 0 Å². The van der Waals surface area contributed by atoms with Crippen LogP contribution in [0, 0.1) is 18.8 Å². The Morgan fingerprint density at radius 1 is 1.17 bits per heavy atom. The third kappa shape index (κ3) is 2.69. The summed E-state index contributed by atoms with van der Waals surface area (Å²) in [6.45, 7) is 7.43. The van der Waals surface area contributed by atoms with Gasteiger partial charge in [0.2, 0.25) is 0 Å². The first-order chi connectivity index (χ1) is 11.1. The van der Waals surface area contributed by atoms with Crippen LogP contribution in [0.4, 0.5) is 5.69 Å². The van der Waals surface area contributed by atoms with Gasteiger partial charge in [0.25, 0.3) is 0 Å². The zero-order chi connectivity index (χ0) is 16.0. The maximum absolute atomic E-state index is 6.18. The van der Waals surface area contributed by atoms with Crippen LogP contribution in [0.1, 0.15) is 63.0 Å². The molecule has 0 radical (unpaired) electrons. The summed E-state index contributed by atoms with van der Waals surface area (Å²) in [7, 11) is 0. The molecule has 1 aromatic carbocycles. The van der Waals surface area contributed by atoms with Gasteiger partial charge in [-0.25, -0.2) is 0 Å². The van der Waals surface area contributed by atoms with E-state index in [2.05, 4.69) is 36.9 Å². The predicted molar refractivity (Wildman–Crippen MR) is 97.6 cm³/mol. The van der Waals surface area contributed by atoms with Crippen LogP contribution in [0.5, 0.6) is 0 Å². The number of rotatable bonds is 3. The number of anilines is 1.